The Morgan fingerprint density at radius 2 is 0.861 bits per heavy atom. The number of likely N-dealkylation sites (N-methyl/N-ethyl adjacent to an activating group) is 1. The van der Waals surface area contributed by atoms with Gasteiger partial charge in [-0.05, 0) is 141 Å². The molecule has 0 saturated carbocycles. The van der Waals surface area contributed by atoms with Gasteiger partial charge in [0, 0.05) is 67.4 Å². The summed E-state index contributed by atoms with van der Waals surface area (Å²) in [5, 5.41) is 1.26. The van der Waals surface area contributed by atoms with Gasteiger partial charge >= 0.3 is 0 Å². The molecule has 0 spiro atoms. The lowest BCUT2D eigenvalue weighted by molar-refractivity contribution is 0.395. The summed E-state index contributed by atoms with van der Waals surface area (Å²) >= 11 is 3.82. The van der Waals surface area contributed by atoms with Crippen molar-refractivity contribution in [2.24, 2.45) is 13.0 Å². The molecule has 0 saturated heterocycles. The van der Waals surface area contributed by atoms with E-state index in [1.54, 1.807) is 0 Å². The van der Waals surface area contributed by atoms with Crippen LogP contribution in [0.2, 0.25) is 0 Å². The molecule has 4 heterocycles. The van der Waals surface area contributed by atoms with Crippen LogP contribution in [0.5, 0.6) is 0 Å². The molecule has 0 N–H and O–H groups in total. The van der Waals surface area contributed by atoms with Gasteiger partial charge in [0.15, 0.2) is 0 Å². The molecule has 1 aromatic heterocycles. The Morgan fingerprint density at radius 1 is 0.444 bits per heavy atom. The predicted molar refractivity (Wildman–Crippen MR) is 309 cm³/mol. The van der Waals surface area contributed by atoms with Gasteiger partial charge in [-0.3, -0.25) is 0 Å². The molecule has 72 heavy (non-hydrogen) atoms. The number of benzene rings is 7. The van der Waals surface area contributed by atoms with Crippen molar-refractivity contribution in [3.63, 3.8) is 0 Å². The molecule has 0 fully saturated rings. The van der Waals surface area contributed by atoms with Gasteiger partial charge in [0.05, 0.1) is 40.2 Å². The van der Waals surface area contributed by atoms with Crippen LogP contribution in [-0.2, 0) is 7.05 Å². The van der Waals surface area contributed by atoms with Crippen LogP contribution in [0.4, 0.5) is 34.1 Å². The van der Waals surface area contributed by atoms with E-state index in [0.717, 1.165) is 5.69 Å². The van der Waals surface area contributed by atoms with Crippen molar-refractivity contribution >= 4 is 79.8 Å². The highest BCUT2D eigenvalue weighted by Crippen LogP contribution is 2.56. The minimum absolute atomic E-state index is 0.190. The highest BCUT2D eigenvalue weighted by molar-refractivity contribution is 8.00. The second-order valence-corrected chi connectivity index (χ2v) is 23.6. The van der Waals surface area contributed by atoms with Crippen molar-refractivity contribution in [1.29, 1.82) is 0 Å². The molecule has 0 amide bonds. The highest BCUT2D eigenvalue weighted by Gasteiger charge is 2.41. The lowest BCUT2D eigenvalue weighted by Gasteiger charge is -2.34. The number of hydrogen-bond acceptors (Lipinski definition) is 5. The van der Waals surface area contributed by atoms with Crippen molar-refractivity contribution in [2.75, 3.05) is 16.8 Å². The van der Waals surface area contributed by atoms with Crippen molar-refractivity contribution in [1.82, 2.24) is 9.47 Å². The largest absolute Gasteiger partial charge is 0.365 e. The van der Waals surface area contributed by atoms with Gasteiger partial charge in [-0.25, -0.2) is 0 Å². The predicted octanol–water partition coefficient (Wildman–Crippen LogP) is 19.1. The van der Waals surface area contributed by atoms with Gasteiger partial charge in [-0.15, -0.1) is 0 Å². The van der Waals surface area contributed by atoms with Crippen LogP contribution in [0.25, 0.3) is 33.3 Å². The molecule has 8 aromatic rings. The van der Waals surface area contributed by atoms with Crippen molar-refractivity contribution in [3.05, 3.63) is 203 Å². The first-order valence-corrected chi connectivity index (χ1v) is 27.6. The first-order valence-electron chi connectivity index (χ1n) is 26.0. The Kier molecular flexibility index (Phi) is 11.7. The van der Waals surface area contributed by atoms with Gasteiger partial charge < -0.3 is 19.3 Å². The number of anilines is 6. The van der Waals surface area contributed by atoms with Crippen LogP contribution in [0.15, 0.2) is 189 Å². The SMILES string of the molecule is CC(C)c1ccc2c(c1)Sc1cc(C(C)C)ccc1N2c1ccc(C2=C(c3c(-c4ccc(N5c6ccc(C(C)C)cc6Sc6cc(C(C)C)ccc65)cc4)c4ccccc4n3C)N(C)C3C=CC=CC23)cc1. The Bertz CT molecular complexity index is 3420. The summed E-state index contributed by atoms with van der Waals surface area (Å²) in [6, 6.07) is 56.3. The van der Waals surface area contributed by atoms with E-state index >= 15 is 0 Å². The van der Waals surface area contributed by atoms with Gasteiger partial charge in [-0.1, -0.05) is 170 Å². The monoisotopic (exact) mass is 976 g/mol. The van der Waals surface area contributed by atoms with Crippen molar-refractivity contribution < 1.29 is 0 Å². The fourth-order valence-electron chi connectivity index (χ4n) is 11.6. The third-order valence-electron chi connectivity index (χ3n) is 15.7. The highest BCUT2D eigenvalue weighted by atomic mass is 32.2. The van der Waals surface area contributed by atoms with E-state index in [9.17, 15) is 0 Å². The average Bonchev–Trinajstić information content (AvgIpc) is 3.85. The molecular formula is C66H64N4S2. The molecule has 1 aliphatic carbocycles. The molecule has 4 nitrogen and oxygen atoms in total. The third kappa shape index (κ3) is 7.67. The van der Waals surface area contributed by atoms with Crippen LogP contribution in [-0.4, -0.2) is 22.6 Å². The molecule has 0 bridgehead atoms. The maximum atomic E-state index is 2.54. The summed E-state index contributed by atoms with van der Waals surface area (Å²) in [5.41, 5.74) is 21.6. The lowest BCUT2D eigenvalue weighted by atomic mass is 9.85. The van der Waals surface area contributed by atoms with E-state index in [1.807, 2.05) is 23.5 Å². The minimum Gasteiger partial charge on any atom is -0.365 e. The molecule has 2 unspecified atom stereocenters. The van der Waals surface area contributed by atoms with E-state index in [-0.39, 0.29) is 12.0 Å². The molecule has 0 radical (unpaired) electrons. The van der Waals surface area contributed by atoms with E-state index in [0.29, 0.717) is 23.7 Å². The zero-order valence-electron chi connectivity index (χ0n) is 43.2. The Hall–Kier alpha value is -6.60. The molecule has 360 valence electrons. The molecule has 2 atom stereocenters. The molecule has 3 aliphatic heterocycles. The van der Waals surface area contributed by atoms with E-state index < -0.39 is 0 Å². The first-order chi connectivity index (χ1) is 34.8. The topological polar surface area (TPSA) is 14.7 Å². The number of fused-ring (bicyclic) bond motifs is 6. The molecular weight excluding hydrogens is 913 g/mol. The third-order valence-corrected chi connectivity index (χ3v) is 17.9. The van der Waals surface area contributed by atoms with Crippen molar-refractivity contribution in [2.45, 2.75) is 105 Å². The Labute approximate surface area is 435 Å². The summed E-state index contributed by atoms with van der Waals surface area (Å²) in [5.74, 6) is 2.02. The van der Waals surface area contributed by atoms with Gasteiger partial charge in [0.1, 0.15) is 0 Å². The summed E-state index contributed by atoms with van der Waals surface area (Å²) in [6.07, 6.45) is 9.28. The number of para-hydroxylation sites is 1. The van der Waals surface area contributed by atoms with Crippen molar-refractivity contribution in [3.8, 4) is 11.1 Å². The Balaban J connectivity index is 0.990. The maximum Gasteiger partial charge on any atom is 0.0736 e. The van der Waals surface area contributed by atoms with Crippen LogP contribution in [0, 0.1) is 5.92 Å². The number of nitrogens with zero attached hydrogens (tertiary/aromatic N) is 4. The lowest BCUT2D eigenvalue weighted by Crippen LogP contribution is -2.29. The quantitative estimate of drug-likeness (QED) is 0.143. The van der Waals surface area contributed by atoms with E-state index in [2.05, 4.69) is 259 Å². The molecule has 6 heteroatoms. The van der Waals surface area contributed by atoms with E-state index in [1.165, 1.54) is 115 Å². The summed E-state index contributed by atoms with van der Waals surface area (Å²) in [7, 11) is 4.57. The van der Waals surface area contributed by atoms with Crippen LogP contribution in [0.1, 0.15) is 113 Å². The second-order valence-electron chi connectivity index (χ2n) is 21.5. The first kappa shape index (κ1) is 46.5. The standard InChI is InChI=1S/C66H64N4S2/c1-39(2)45-23-31-55-59(35-45)71-60-36-46(40(3)4)24-32-56(60)69(55)49-27-19-43(20-28-49)63-51-15-11-13-17-53(51)67(9)65(63)66-64(52-16-12-14-18-54(52)68(66)10)44-21-29-50(30-22-44)70-57-33-25-47(41(5)6)37-61(57)72-62-38-48(42(7)8)26-34-58(62)70/h11-42,51,53H,1-10H3. The summed E-state index contributed by atoms with van der Waals surface area (Å²) in [6.45, 7) is 18.3. The summed E-state index contributed by atoms with van der Waals surface area (Å²) < 4.78 is 2.45. The molecule has 12 rings (SSSR count). The second kappa shape index (κ2) is 18.2. The number of hydrogen-bond donors (Lipinski definition) is 0. The number of allylic oxidation sites excluding steroid dienone is 2. The summed E-state index contributed by atoms with van der Waals surface area (Å²) in [4.78, 5) is 12.7. The Morgan fingerprint density at radius 3 is 1.31 bits per heavy atom. The smallest absolute Gasteiger partial charge is 0.0736 e. The minimum atomic E-state index is 0.190. The normalized spacial score (nSPS) is 16.9. The fraction of sp³-hybridized carbons (Fsp3) is 0.242. The van der Waals surface area contributed by atoms with Gasteiger partial charge in [0.25, 0.3) is 0 Å². The van der Waals surface area contributed by atoms with Crippen LogP contribution < -0.4 is 9.80 Å². The van der Waals surface area contributed by atoms with Gasteiger partial charge in [0.2, 0.25) is 0 Å². The van der Waals surface area contributed by atoms with Crippen LogP contribution in [0.3, 0.4) is 0 Å². The molecule has 4 aliphatic rings. The number of rotatable bonds is 9. The molecule has 7 aromatic carbocycles. The van der Waals surface area contributed by atoms with Crippen LogP contribution >= 0.6 is 23.5 Å². The fourth-order valence-corrected chi connectivity index (χ4v) is 13.9. The number of aryl methyl sites for hydroxylation is 1. The zero-order chi connectivity index (χ0) is 49.7. The van der Waals surface area contributed by atoms with E-state index in [4.69, 9.17) is 0 Å². The number of aromatic nitrogens is 1. The zero-order valence-corrected chi connectivity index (χ0v) is 44.9. The maximum absolute atomic E-state index is 2.54. The van der Waals surface area contributed by atoms with Gasteiger partial charge in [-0.2, -0.15) is 0 Å². The average molecular weight is 977 g/mol.